The summed E-state index contributed by atoms with van der Waals surface area (Å²) in [5.41, 5.74) is 0.378. The van der Waals surface area contributed by atoms with E-state index in [4.69, 9.17) is 16.9 Å². The average Bonchev–Trinajstić information content (AvgIpc) is 3.38. The van der Waals surface area contributed by atoms with E-state index in [2.05, 4.69) is 10.6 Å². The first kappa shape index (κ1) is 20.0. The number of amides is 2. The molecule has 6 nitrogen and oxygen atoms in total. The lowest BCUT2D eigenvalue weighted by atomic mass is 10.2. The van der Waals surface area contributed by atoms with Crippen LogP contribution in [0.15, 0.2) is 47.8 Å². The maximum Gasteiger partial charge on any atom is 0.313 e. The molecule has 3 aromatic rings. The largest absolute Gasteiger partial charge is 0.382 e. The number of aliphatic hydroxyl groups is 1. The molecule has 1 atom stereocenters. The van der Waals surface area contributed by atoms with Crippen molar-refractivity contribution in [2.75, 3.05) is 5.32 Å². The molecule has 1 aromatic carbocycles. The van der Waals surface area contributed by atoms with Crippen molar-refractivity contribution in [3.8, 4) is 6.07 Å². The zero-order valence-electron chi connectivity index (χ0n) is 14.3. The third kappa shape index (κ3) is 4.77. The highest BCUT2D eigenvalue weighted by atomic mass is 35.5. The maximum absolute atomic E-state index is 12.1. The van der Waals surface area contributed by atoms with E-state index in [1.165, 1.54) is 40.9 Å². The normalized spacial score (nSPS) is 11.5. The predicted molar refractivity (Wildman–Crippen MR) is 109 cm³/mol. The number of halogens is 1. The minimum Gasteiger partial charge on any atom is -0.382 e. The smallest absolute Gasteiger partial charge is 0.313 e. The van der Waals surface area contributed by atoms with Gasteiger partial charge in [0, 0.05) is 19.7 Å². The van der Waals surface area contributed by atoms with E-state index in [0.29, 0.717) is 5.02 Å². The molecule has 0 fully saturated rings. The van der Waals surface area contributed by atoms with Crippen LogP contribution in [0.4, 0.5) is 5.69 Å². The third-order valence-electron chi connectivity index (χ3n) is 3.74. The van der Waals surface area contributed by atoms with Crippen molar-refractivity contribution < 1.29 is 14.7 Å². The van der Waals surface area contributed by atoms with Crippen molar-refractivity contribution in [3.05, 3.63) is 73.1 Å². The molecule has 3 rings (SSSR count). The van der Waals surface area contributed by atoms with Gasteiger partial charge in [-0.05, 0) is 41.8 Å². The minimum absolute atomic E-state index is 0.148. The van der Waals surface area contributed by atoms with Gasteiger partial charge >= 0.3 is 11.8 Å². The summed E-state index contributed by atoms with van der Waals surface area (Å²) in [7, 11) is 0. The van der Waals surface area contributed by atoms with Crippen molar-refractivity contribution in [2.24, 2.45) is 0 Å². The summed E-state index contributed by atoms with van der Waals surface area (Å²) in [5, 5.41) is 26.5. The van der Waals surface area contributed by atoms with Gasteiger partial charge in [0.15, 0.2) is 0 Å². The molecule has 28 heavy (non-hydrogen) atoms. The fourth-order valence-electron chi connectivity index (χ4n) is 2.37. The monoisotopic (exact) mass is 431 g/mol. The second kappa shape index (κ2) is 8.99. The number of benzene rings is 1. The van der Waals surface area contributed by atoms with Crippen LogP contribution in [0, 0.1) is 11.3 Å². The van der Waals surface area contributed by atoms with Crippen LogP contribution in [0.25, 0.3) is 0 Å². The van der Waals surface area contributed by atoms with Crippen LogP contribution in [-0.4, -0.2) is 16.9 Å². The molecular formula is C19H14ClN3O3S2. The minimum atomic E-state index is -0.894. The second-order valence-corrected chi connectivity index (χ2v) is 8.28. The number of carbonyl (C=O) groups is 2. The van der Waals surface area contributed by atoms with Crippen molar-refractivity contribution in [1.82, 2.24) is 5.32 Å². The van der Waals surface area contributed by atoms with Crippen LogP contribution in [-0.2, 0) is 16.1 Å². The molecule has 0 aliphatic heterocycles. The summed E-state index contributed by atoms with van der Waals surface area (Å²) in [6, 6.07) is 13.6. The topological polar surface area (TPSA) is 102 Å². The van der Waals surface area contributed by atoms with E-state index in [1.807, 2.05) is 23.6 Å². The Hall–Kier alpha value is -2.70. The molecule has 0 aliphatic rings. The number of aliphatic hydroxyl groups excluding tert-OH is 1. The Morgan fingerprint density at radius 2 is 2.00 bits per heavy atom. The van der Waals surface area contributed by atoms with E-state index in [1.54, 1.807) is 12.1 Å². The van der Waals surface area contributed by atoms with E-state index in [9.17, 15) is 14.7 Å². The lowest BCUT2D eigenvalue weighted by molar-refractivity contribution is -0.136. The number of thiophene rings is 2. The van der Waals surface area contributed by atoms with Crippen molar-refractivity contribution in [3.63, 3.8) is 0 Å². The van der Waals surface area contributed by atoms with Gasteiger partial charge in [-0.25, -0.2) is 0 Å². The quantitative estimate of drug-likeness (QED) is 0.536. The molecule has 0 saturated carbocycles. The number of hydrogen-bond acceptors (Lipinski definition) is 6. The first-order chi connectivity index (χ1) is 13.5. The van der Waals surface area contributed by atoms with Gasteiger partial charge in [-0.2, -0.15) is 5.26 Å². The Bertz CT molecular complexity index is 1040. The van der Waals surface area contributed by atoms with Crippen LogP contribution < -0.4 is 10.6 Å². The Kier molecular flexibility index (Phi) is 6.44. The number of nitriles is 1. The molecule has 0 spiro atoms. The molecule has 0 aliphatic carbocycles. The summed E-state index contributed by atoms with van der Waals surface area (Å²) in [5.74, 6) is -1.73. The maximum atomic E-state index is 12.1. The number of carbonyl (C=O) groups excluding carboxylic acids is 2. The van der Waals surface area contributed by atoms with Gasteiger partial charge in [-0.3, -0.25) is 9.59 Å². The predicted octanol–water partition coefficient (Wildman–Crippen LogP) is 3.67. The first-order valence-corrected chi connectivity index (χ1v) is 10.1. The van der Waals surface area contributed by atoms with Crippen molar-refractivity contribution >= 4 is 51.8 Å². The number of nitrogens with one attached hydrogen (secondary N) is 2. The van der Waals surface area contributed by atoms with Gasteiger partial charge in [-0.1, -0.05) is 17.7 Å². The van der Waals surface area contributed by atoms with Crippen LogP contribution in [0.3, 0.4) is 0 Å². The second-order valence-electron chi connectivity index (χ2n) is 5.66. The number of rotatable bonds is 5. The molecule has 0 saturated heterocycles. The van der Waals surface area contributed by atoms with Crippen LogP contribution in [0.1, 0.15) is 26.3 Å². The van der Waals surface area contributed by atoms with E-state index < -0.39 is 17.9 Å². The molecule has 2 heterocycles. The number of anilines is 1. The van der Waals surface area contributed by atoms with Gasteiger partial charge in [0.2, 0.25) is 0 Å². The van der Waals surface area contributed by atoms with Crippen LogP contribution in [0.5, 0.6) is 0 Å². The molecule has 142 valence electrons. The van der Waals surface area contributed by atoms with Crippen molar-refractivity contribution in [2.45, 2.75) is 12.6 Å². The SMILES string of the molecule is N#Cc1ccc(Cl)cc1NC(=O)C(=O)NCc1ccc(C(O)c2cccs2)s1. The summed E-state index contributed by atoms with van der Waals surface area (Å²) in [6.07, 6.45) is -0.704. The number of nitrogens with zero attached hydrogens (tertiary/aromatic N) is 1. The van der Waals surface area contributed by atoms with Gasteiger partial charge in [0.05, 0.1) is 17.8 Å². The Labute approximate surface area is 174 Å². The molecule has 0 bridgehead atoms. The first-order valence-electron chi connectivity index (χ1n) is 8.07. The highest BCUT2D eigenvalue weighted by molar-refractivity contribution is 7.12. The Morgan fingerprint density at radius 3 is 2.71 bits per heavy atom. The van der Waals surface area contributed by atoms with Gasteiger partial charge in [-0.15, -0.1) is 22.7 Å². The van der Waals surface area contributed by atoms with Crippen LogP contribution in [0.2, 0.25) is 5.02 Å². The molecule has 2 amide bonds. The van der Waals surface area contributed by atoms with E-state index in [0.717, 1.165) is 14.6 Å². The van der Waals surface area contributed by atoms with Gasteiger partial charge < -0.3 is 15.7 Å². The van der Waals surface area contributed by atoms with Gasteiger partial charge in [0.25, 0.3) is 0 Å². The zero-order valence-corrected chi connectivity index (χ0v) is 16.7. The third-order valence-corrected chi connectivity index (χ3v) is 6.04. The molecule has 2 aromatic heterocycles. The molecule has 3 N–H and O–H groups in total. The van der Waals surface area contributed by atoms with Crippen molar-refractivity contribution in [1.29, 1.82) is 5.26 Å². The average molecular weight is 432 g/mol. The van der Waals surface area contributed by atoms with E-state index in [-0.39, 0.29) is 17.8 Å². The fraction of sp³-hybridized carbons (Fsp3) is 0.105. The summed E-state index contributed by atoms with van der Waals surface area (Å²) >= 11 is 8.68. The lowest BCUT2D eigenvalue weighted by Crippen LogP contribution is -2.34. The molecule has 1 unspecified atom stereocenters. The zero-order chi connectivity index (χ0) is 20.1. The number of hydrogen-bond donors (Lipinski definition) is 3. The van der Waals surface area contributed by atoms with E-state index >= 15 is 0 Å². The Morgan fingerprint density at radius 1 is 1.18 bits per heavy atom. The summed E-state index contributed by atoms with van der Waals surface area (Å²) < 4.78 is 0. The molecule has 9 heteroatoms. The lowest BCUT2D eigenvalue weighted by Gasteiger charge is -2.08. The molecule has 0 radical (unpaired) electrons. The summed E-state index contributed by atoms with van der Waals surface area (Å²) in [6.45, 7) is 0.148. The Balaban J connectivity index is 1.58. The van der Waals surface area contributed by atoms with Gasteiger partial charge in [0.1, 0.15) is 12.2 Å². The molecular weight excluding hydrogens is 418 g/mol. The fourth-order valence-corrected chi connectivity index (χ4v) is 4.30. The highest BCUT2D eigenvalue weighted by Gasteiger charge is 2.17. The standard InChI is InChI=1S/C19H14ClN3O3S2/c20-12-4-3-11(9-21)14(8-12)23-19(26)18(25)22-10-13-5-6-16(28-13)17(24)15-2-1-7-27-15/h1-8,17,24H,10H2,(H,22,25)(H,23,26). The van der Waals surface area contributed by atoms with Crippen LogP contribution >= 0.6 is 34.3 Å². The summed E-state index contributed by atoms with van der Waals surface area (Å²) in [4.78, 5) is 26.5. The highest BCUT2D eigenvalue weighted by Crippen LogP contribution is 2.30.